The number of piperazine rings is 1. The number of sulfonamides is 1. The predicted molar refractivity (Wildman–Crippen MR) is 138 cm³/mol. The third-order valence-electron chi connectivity index (χ3n) is 7.29. The molecule has 2 aromatic rings. The minimum absolute atomic E-state index is 0.000901. The third kappa shape index (κ3) is 4.70. The van der Waals surface area contributed by atoms with Crippen LogP contribution in [0.25, 0.3) is 11.0 Å². The third-order valence-corrected chi connectivity index (χ3v) is 9.90. The van der Waals surface area contributed by atoms with E-state index >= 15 is 0 Å². The minimum Gasteiger partial charge on any atom is -0.367 e. The normalized spacial score (nSPS) is 27.6. The van der Waals surface area contributed by atoms with E-state index in [1.165, 1.54) is 6.07 Å². The van der Waals surface area contributed by atoms with Crippen LogP contribution in [0.1, 0.15) is 51.3 Å². The molecule has 3 atom stereocenters. The molecule has 4 aliphatic rings. The Hall–Kier alpha value is -2.03. The number of hydrogen-bond donors (Lipinski definition) is 3. The zero-order valence-corrected chi connectivity index (χ0v) is 22.2. The maximum atomic E-state index is 13.6. The van der Waals surface area contributed by atoms with E-state index in [-0.39, 0.29) is 22.9 Å². The monoisotopic (exact) mass is 557 g/mol. The SMILES string of the molecule is C[C@H]1CN(c2cc(S(=O)(=O)NC3(CF)CC3)cc3c2nc(C2CC2)n3C2=NNC(C(F)F)S2)C[C@H](C)N1. The molecule has 3 heterocycles. The molecule has 0 amide bonds. The number of aromatic nitrogens is 2. The highest BCUT2D eigenvalue weighted by atomic mass is 32.2. The van der Waals surface area contributed by atoms with Crippen LogP contribution >= 0.6 is 11.8 Å². The highest BCUT2D eigenvalue weighted by Crippen LogP contribution is 2.44. The molecule has 2 aliphatic heterocycles. The average molecular weight is 558 g/mol. The van der Waals surface area contributed by atoms with Crippen LogP contribution in [0.3, 0.4) is 0 Å². The number of benzene rings is 1. The quantitative estimate of drug-likeness (QED) is 0.481. The number of hydrogen-bond acceptors (Lipinski definition) is 8. The highest BCUT2D eigenvalue weighted by molar-refractivity contribution is 8.14. The number of nitrogens with one attached hydrogen (secondary N) is 3. The van der Waals surface area contributed by atoms with Gasteiger partial charge in [0.1, 0.15) is 18.0 Å². The smallest absolute Gasteiger partial charge is 0.269 e. The second kappa shape index (κ2) is 9.02. The van der Waals surface area contributed by atoms with E-state index in [1.54, 1.807) is 10.6 Å². The first kappa shape index (κ1) is 25.3. The maximum absolute atomic E-state index is 13.6. The summed E-state index contributed by atoms with van der Waals surface area (Å²) in [5.74, 6) is 0.842. The van der Waals surface area contributed by atoms with Gasteiger partial charge in [-0.2, -0.15) is 5.10 Å². The molecule has 6 rings (SSSR count). The van der Waals surface area contributed by atoms with Crippen molar-refractivity contribution in [1.82, 2.24) is 25.0 Å². The highest BCUT2D eigenvalue weighted by Gasteiger charge is 2.47. The van der Waals surface area contributed by atoms with Crippen molar-refractivity contribution in [3.8, 4) is 0 Å². The zero-order chi connectivity index (χ0) is 26.1. The molecule has 1 aromatic carbocycles. The van der Waals surface area contributed by atoms with Gasteiger partial charge in [-0.05, 0) is 51.7 Å². The van der Waals surface area contributed by atoms with Crippen LogP contribution in [0.15, 0.2) is 22.1 Å². The van der Waals surface area contributed by atoms with Crippen LogP contribution in [0.4, 0.5) is 18.9 Å². The molecule has 1 saturated heterocycles. The number of nitrogens with zero attached hydrogens (tertiary/aromatic N) is 4. The Kier molecular flexibility index (Phi) is 6.16. The number of thioether (sulfide) groups is 1. The van der Waals surface area contributed by atoms with Gasteiger partial charge < -0.3 is 10.2 Å². The van der Waals surface area contributed by atoms with Gasteiger partial charge in [0.2, 0.25) is 10.0 Å². The van der Waals surface area contributed by atoms with Crippen LogP contribution in [-0.2, 0) is 10.0 Å². The fourth-order valence-corrected chi connectivity index (χ4v) is 7.46. The number of fused-ring (bicyclic) bond motifs is 1. The number of hydrazone groups is 1. The Morgan fingerprint density at radius 2 is 1.92 bits per heavy atom. The van der Waals surface area contributed by atoms with Crippen molar-refractivity contribution < 1.29 is 21.6 Å². The molecule has 0 radical (unpaired) electrons. The molecule has 2 aliphatic carbocycles. The van der Waals surface area contributed by atoms with Gasteiger partial charge in [-0.3, -0.25) is 9.99 Å². The fraction of sp³-hybridized carbons (Fsp3) is 0.652. The molecule has 37 heavy (non-hydrogen) atoms. The number of halogens is 3. The Morgan fingerprint density at radius 1 is 1.22 bits per heavy atom. The van der Waals surface area contributed by atoms with Crippen LogP contribution in [0, 0.1) is 0 Å². The van der Waals surface area contributed by atoms with Gasteiger partial charge in [0.15, 0.2) is 10.5 Å². The van der Waals surface area contributed by atoms with Crippen LogP contribution in [-0.4, -0.2) is 72.3 Å². The Balaban J connectivity index is 1.52. The average Bonchev–Trinajstić information content (AvgIpc) is 3.74. The lowest BCUT2D eigenvalue weighted by Gasteiger charge is -2.38. The standard InChI is InChI=1S/C23H30F3N7O2S2/c1-12-9-32(10-13(2)27-12)16-7-15(37(34,35)31-23(11-24)5-6-23)8-17-18(16)28-20(14-3-4-14)33(17)22-30-29-21(36-22)19(25)26/h7-8,12-14,19,21,27,29,31H,3-6,9-11H2,1-2H3/t12-,13-,21?/m0/s1. The summed E-state index contributed by atoms with van der Waals surface area (Å²) < 4.78 is 71.8. The van der Waals surface area contributed by atoms with Crippen molar-refractivity contribution in [2.45, 2.75) is 79.8 Å². The Bertz CT molecular complexity index is 1350. The van der Waals surface area contributed by atoms with Crippen LogP contribution in [0.5, 0.6) is 0 Å². The van der Waals surface area contributed by atoms with Crippen molar-refractivity contribution >= 4 is 43.7 Å². The van der Waals surface area contributed by atoms with E-state index in [4.69, 9.17) is 4.98 Å². The summed E-state index contributed by atoms with van der Waals surface area (Å²) in [6.07, 6.45) is 0.0942. The molecular formula is C23H30F3N7O2S2. The van der Waals surface area contributed by atoms with Gasteiger partial charge in [-0.25, -0.2) is 31.3 Å². The van der Waals surface area contributed by atoms with Crippen molar-refractivity contribution in [3.05, 3.63) is 18.0 Å². The molecule has 202 valence electrons. The van der Waals surface area contributed by atoms with Gasteiger partial charge in [-0.15, -0.1) is 0 Å². The first-order valence-corrected chi connectivity index (χ1v) is 14.9. The molecule has 14 heteroatoms. The van der Waals surface area contributed by atoms with Gasteiger partial charge >= 0.3 is 0 Å². The van der Waals surface area contributed by atoms with Crippen LogP contribution < -0.4 is 20.4 Å². The van der Waals surface area contributed by atoms with E-state index in [0.717, 1.165) is 24.6 Å². The summed E-state index contributed by atoms with van der Waals surface area (Å²) in [7, 11) is -4.06. The largest absolute Gasteiger partial charge is 0.367 e. The number of anilines is 1. The zero-order valence-electron chi connectivity index (χ0n) is 20.5. The topological polar surface area (TPSA) is 104 Å². The van der Waals surface area contributed by atoms with E-state index in [2.05, 4.69) is 39.3 Å². The van der Waals surface area contributed by atoms with Gasteiger partial charge in [0.05, 0.1) is 21.6 Å². The fourth-order valence-electron chi connectivity index (χ4n) is 5.14. The molecule has 0 spiro atoms. The lowest BCUT2D eigenvalue weighted by Crippen LogP contribution is -2.54. The Labute approximate surface area is 217 Å². The number of rotatable bonds is 7. The second-order valence-corrected chi connectivity index (χ2v) is 13.5. The van der Waals surface area contributed by atoms with Crippen molar-refractivity contribution in [1.29, 1.82) is 0 Å². The molecule has 3 N–H and O–H groups in total. The minimum atomic E-state index is -4.06. The van der Waals surface area contributed by atoms with Gasteiger partial charge in [-0.1, -0.05) is 11.8 Å². The molecule has 2 saturated carbocycles. The van der Waals surface area contributed by atoms with Crippen molar-refractivity contribution in [3.63, 3.8) is 0 Å². The summed E-state index contributed by atoms with van der Waals surface area (Å²) in [6, 6.07) is 3.45. The maximum Gasteiger partial charge on any atom is 0.269 e. The summed E-state index contributed by atoms with van der Waals surface area (Å²) in [5.41, 5.74) is 3.20. The predicted octanol–water partition coefficient (Wildman–Crippen LogP) is 2.93. The van der Waals surface area contributed by atoms with Crippen LogP contribution in [0.2, 0.25) is 0 Å². The molecular weight excluding hydrogens is 527 g/mol. The molecule has 1 unspecified atom stereocenters. The lowest BCUT2D eigenvalue weighted by atomic mass is 10.1. The van der Waals surface area contributed by atoms with Crippen molar-refractivity contribution in [2.24, 2.45) is 5.10 Å². The van der Waals surface area contributed by atoms with Gasteiger partial charge in [0.25, 0.3) is 6.43 Å². The number of imidazole rings is 1. The lowest BCUT2D eigenvalue weighted by molar-refractivity contribution is 0.135. The van der Waals surface area contributed by atoms with E-state index in [9.17, 15) is 21.6 Å². The first-order valence-electron chi connectivity index (χ1n) is 12.5. The number of alkyl halides is 3. The molecule has 9 nitrogen and oxygen atoms in total. The van der Waals surface area contributed by atoms with E-state index in [1.807, 2.05) is 0 Å². The van der Waals surface area contributed by atoms with E-state index in [0.29, 0.717) is 53.6 Å². The van der Waals surface area contributed by atoms with E-state index < -0.39 is 34.0 Å². The summed E-state index contributed by atoms with van der Waals surface area (Å²) in [4.78, 5) is 7.07. The summed E-state index contributed by atoms with van der Waals surface area (Å²) in [6.45, 7) is 4.64. The first-order chi connectivity index (χ1) is 17.6. The Morgan fingerprint density at radius 3 is 2.49 bits per heavy atom. The molecule has 1 aromatic heterocycles. The van der Waals surface area contributed by atoms with Crippen molar-refractivity contribution in [2.75, 3.05) is 24.7 Å². The van der Waals surface area contributed by atoms with Gasteiger partial charge in [0, 0.05) is 31.1 Å². The molecule has 0 bridgehead atoms. The summed E-state index contributed by atoms with van der Waals surface area (Å²) >= 11 is 0.903. The second-order valence-electron chi connectivity index (χ2n) is 10.7. The summed E-state index contributed by atoms with van der Waals surface area (Å²) in [5, 5.41) is 6.78. The molecule has 3 fully saturated rings.